The van der Waals surface area contributed by atoms with Gasteiger partial charge in [0, 0.05) is 28.7 Å². The number of rotatable bonds is 5. The van der Waals surface area contributed by atoms with Crippen LogP contribution in [0.5, 0.6) is 5.75 Å². The van der Waals surface area contributed by atoms with E-state index < -0.39 is 10.5 Å². The molecule has 7 heteroatoms. The molecular weight excluding hydrogens is 366 g/mol. The maximum absolute atomic E-state index is 12.5. The minimum absolute atomic E-state index is 0.0719. The molecule has 0 atom stereocenters. The van der Waals surface area contributed by atoms with E-state index in [9.17, 15) is 20.0 Å². The lowest BCUT2D eigenvalue weighted by Gasteiger charge is -2.12. The summed E-state index contributed by atoms with van der Waals surface area (Å²) in [5.74, 6) is 0.103. The van der Waals surface area contributed by atoms with Gasteiger partial charge in [-0.15, -0.1) is 0 Å². The Hall–Kier alpha value is -3.06. The molecule has 0 unspecified atom stereocenters. The van der Waals surface area contributed by atoms with E-state index in [4.69, 9.17) is 4.42 Å². The van der Waals surface area contributed by atoms with E-state index in [2.05, 4.69) is 0 Å². The van der Waals surface area contributed by atoms with Crippen molar-refractivity contribution in [3.05, 3.63) is 80.7 Å². The largest absolute Gasteiger partial charge is 0.506 e. The van der Waals surface area contributed by atoms with Crippen molar-refractivity contribution in [2.45, 2.75) is 29.6 Å². The predicted molar refractivity (Wildman–Crippen MR) is 103 cm³/mol. The number of nitro groups is 1. The summed E-state index contributed by atoms with van der Waals surface area (Å²) < 4.78 is 5.32. The van der Waals surface area contributed by atoms with Crippen LogP contribution in [0.25, 0.3) is 11.3 Å². The van der Waals surface area contributed by atoms with Gasteiger partial charge in [-0.1, -0.05) is 55.9 Å². The zero-order valence-corrected chi connectivity index (χ0v) is 15.5. The summed E-state index contributed by atoms with van der Waals surface area (Å²) >= 11 is 1.14. The first kappa shape index (κ1) is 18.7. The van der Waals surface area contributed by atoms with Crippen molar-refractivity contribution in [3.8, 4) is 17.1 Å². The highest BCUT2D eigenvalue weighted by molar-refractivity contribution is 7.99. The first-order valence-electron chi connectivity index (χ1n) is 8.25. The summed E-state index contributed by atoms with van der Waals surface area (Å²) in [6, 6.07) is 14.7. The summed E-state index contributed by atoms with van der Waals surface area (Å²) in [5.41, 5.74) is 0.582. The molecule has 1 aromatic heterocycles. The van der Waals surface area contributed by atoms with Gasteiger partial charge in [0.15, 0.2) is 0 Å². The first-order chi connectivity index (χ1) is 12.9. The van der Waals surface area contributed by atoms with E-state index in [0.717, 1.165) is 22.2 Å². The molecule has 27 heavy (non-hydrogen) atoms. The molecular formula is C20H17NO5S. The van der Waals surface area contributed by atoms with Crippen LogP contribution in [-0.2, 0) is 0 Å². The minimum atomic E-state index is -0.694. The van der Waals surface area contributed by atoms with Crippen LogP contribution >= 0.6 is 11.8 Å². The van der Waals surface area contributed by atoms with Crippen LogP contribution in [0.15, 0.2) is 73.6 Å². The second kappa shape index (κ2) is 7.67. The Labute approximate surface area is 159 Å². The number of hydrogen-bond donors (Lipinski definition) is 1. The lowest BCUT2D eigenvalue weighted by atomic mass is 10.0. The van der Waals surface area contributed by atoms with E-state index >= 15 is 0 Å². The number of hydrogen-bond acceptors (Lipinski definition) is 6. The third-order valence-corrected chi connectivity index (χ3v) is 5.15. The average molecular weight is 383 g/mol. The fourth-order valence-electron chi connectivity index (χ4n) is 2.64. The van der Waals surface area contributed by atoms with Gasteiger partial charge in [0.2, 0.25) is 0 Å². The predicted octanol–water partition coefficient (Wildman–Crippen LogP) is 5.20. The van der Waals surface area contributed by atoms with Gasteiger partial charge in [0.1, 0.15) is 16.4 Å². The molecule has 6 nitrogen and oxygen atoms in total. The first-order valence-corrected chi connectivity index (χ1v) is 9.07. The van der Waals surface area contributed by atoms with Crippen molar-refractivity contribution < 1.29 is 14.4 Å². The molecule has 0 saturated heterocycles. The van der Waals surface area contributed by atoms with Gasteiger partial charge in [-0.25, -0.2) is 4.79 Å². The fourth-order valence-corrected chi connectivity index (χ4v) is 3.72. The number of non-ortho nitro benzene ring substituents is 1. The zero-order valence-electron chi connectivity index (χ0n) is 14.7. The average Bonchev–Trinajstić information content (AvgIpc) is 2.64. The second-order valence-electron chi connectivity index (χ2n) is 6.21. The van der Waals surface area contributed by atoms with Gasteiger partial charge in [0.05, 0.1) is 4.92 Å². The monoisotopic (exact) mass is 383 g/mol. The standard InChI is InChI=1S/C20H17NO5S/c1-12(2)15-8-3-4-9-18(15)27-19-16(22)11-17(26-20(19)23)13-6-5-7-14(10-13)21(24)25/h3-12,22H,1-2H3. The Morgan fingerprint density at radius 1 is 1.11 bits per heavy atom. The Balaban J connectivity index is 2.01. The normalized spacial score (nSPS) is 10.9. The summed E-state index contributed by atoms with van der Waals surface area (Å²) in [6.45, 7) is 4.10. The van der Waals surface area contributed by atoms with Gasteiger partial charge < -0.3 is 9.52 Å². The van der Waals surface area contributed by atoms with Crippen LogP contribution < -0.4 is 5.63 Å². The maximum Gasteiger partial charge on any atom is 0.354 e. The second-order valence-corrected chi connectivity index (χ2v) is 7.27. The molecule has 0 fully saturated rings. The molecule has 1 heterocycles. The molecule has 0 amide bonds. The molecule has 0 saturated carbocycles. The van der Waals surface area contributed by atoms with Crippen molar-refractivity contribution in [2.75, 3.05) is 0 Å². The molecule has 0 spiro atoms. The summed E-state index contributed by atoms with van der Waals surface area (Å²) in [4.78, 5) is 23.8. The molecule has 0 aliphatic rings. The third-order valence-electron chi connectivity index (χ3n) is 3.98. The molecule has 3 aromatic rings. The molecule has 0 radical (unpaired) electrons. The van der Waals surface area contributed by atoms with Crippen molar-refractivity contribution in [3.63, 3.8) is 0 Å². The number of nitro benzene ring substituents is 1. The molecule has 1 N–H and O–H groups in total. The molecule has 0 bridgehead atoms. The SMILES string of the molecule is CC(C)c1ccccc1Sc1c(O)cc(-c2cccc([N+](=O)[O-])c2)oc1=O. The number of aromatic hydroxyl groups is 1. The molecule has 3 rings (SSSR count). The lowest BCUT2D eigenvalue weighted by molar-refractivity contribution is -0.384. The van der Waals surface area contributed by atoms with E-state index in [0.29, 0.717) is 5.56 Å². The number of benzene rings is 2. The highest BCUT2D eigenvalue weighted by Gasteiger charge is 2.17. The highest BCUT2D eigenvalue weighted by atomic mass is 32.2. The Morgan fingerprint density at radius 2 is 1.85 bits per heavy atom. The van der Waals surface area contributed by atoms with Crippen LogP contribution in [0.1, 0.15) is 25.3 Å². The van der Waals surface area contributed by atoms with Gasteiger partial charge in [0.25, 0.3) is 5.69 Å². The lowest BCUT2D eigenvalue weighted by Crippen LogP contribution is -2.03. The third kappa shape index (κ3) is 4.03. The fraction of sp³-hybridized carbons (Fsp3) is 0.150. The molecule has 138 valence electrons. The summed E-state index contributed by atoms with van der Waals surface area (Å²) in [6.07, 6.45) is 0. The maximum atomic E-state index is 12.5. The Bertz CT molecular complexity index is 1060. The highest BCUT2D eigenvalue weighted by Crippen LogP contribution is 2.37. The van der Waals surface area contributed by atoms with E-state index in [1.54, 1.807) is 6.07 Å². The van der Waals surface area contributed by atoms with E-state index in [1.165, 1.54) is 24.3 Å². The summed E-state index contributed by atoms with van der Waals surface area (Å²) in [5, 5.41) is 21.3. The quantitative estimate of drug-likeness (QED) is 0.481. The Kier molecular flexibility index (Phi) is 5.32. The van der Waals surface area contributed by atoms with Crippen LogP contribution in [0, 0.1) is 10.1 Å². The van der Waals surface area contributed by atoms with Crippen molar-refractivity contribution >= 4 is 17.4 Å². The van der Waals surface area contributed by atoms with Crippen molar-refractivity contribution in [1.29, 1.82) is 0 Å². The van der Waals surface area contributed by atoms with E-state index in [1.807, 2.05) is 38.1 Å². The van der Waals surface area contributed by atoms with Gasteiger partial charge in [-0.2, -0.15) is 0 Å². The van der Waals surface area contributed by atoms with Gasteiger partial charge in [-0.3, -0.25) is 10.1 Å². The zero-order chi connectivity index (χ0) is 19.6. The van der Waals surface area contributed by atoms with Crippen LogP contribution in [0.3, 0.4) is 0 Å². The van der Waals surface area contributed by atoms with Crippen molar-refractivity contribution in [2.24, 2.45) is 0 Å². The van der Waals surface area contributed by atoms with Crippen LogP contribution in [-0.4, -0.2) is 10.0 Å². The number of nitrogens with zero attached hydrogens (tertiary/aromatic N) is 1. The molecule has 2 aromatic carbocycles. The minimum Gasteiger partial charge on any atom is -0.506 e. The summed E-state index contributed by atoms with van der Waals surface area (Å²) in [7, 11) is 0. The van der Waals surface area contributed by atoms with E-state index in [-0.39, 0.29) is 28.0 Å². The van der Waals surface area contributed by atoms with Crippen molar-refractivity contribution in [1.82, 2.24) is 0 Å². The van der Waals surface area contributed by atoms with Gasteiger partial charge in [-0.05, 0) is 17.5 Å². The smallest absolute Gasteiger partial charge is 0.354 e. The van der Waals surface area contributed by atoms with Gasteiger partial charge >= 0.3 is 5.63 Å². The molecule has 0 aliphatic heterocycles. The topological polar surface area (TPSA) is 93.6 Å². The van der Waals surface area contributed by atoms with Crippen LogP contribution in [0.4, 0.5) is 5.69 Å². The molecule has 0 aliphatic carbocycles. The van der Waals surface area contributed by atoms with Crippen LogP contribution in [0.2, 0.25) is 0 Å². The Morgan fingerprint density at radius 3 is 2.52 bits per heavy atom.